The van der Waals surface area contributed by atoms with E-state index in [1.807, 2.05) is 12.3 Å². The topological polar surface area (TPSA) is 76.5 Å². The van der Waals surface area contributed by atoms with E-state index in [0.717, 1.165) is 10.4 Å². The van der Waals surface area contributed by atoms with Gasteiger partial charge in [0.25, 0.3) is 0 Å². The molecule has 12 heavy (non-hydrogen) atoms. The fourth-order valence-corrected chi connectivity index (χ4v) is 1.51. The summed E-state index contributed by atoms with van der Waals surface area (Å²) in [6.07, 6.45) is 0. The molecule has 0 spiro atoms. The van der Waals surface area contributed by atoms with Crippen LogP contribution in [0.4, 0.5) is 0 Å². The molecule has 0 amide bonds. The highest BCUT2D eigenvalue weighted by molar-refractivity contribution is 7.12. The van der Waals surface area contributed by atoms with Crippen molar-refractivity contribution < 1.29 is 0 Å². The lowest BCUT2D eigenvalue weighted by atomic mass is 10.6. The lowest BCUT2D eigenvalue weighted by molar-refractivity contribution is 0.772. The van der Waals surface area contributed by atoms with E-state index >= 15 is 0 Å². The summed E-state index contributed by atoms with van der Waals surface area (Å²) in [5, 5.41) is 11.5. The van der Waals surface area contributed by atoms with Gasteiger partial charge in [0.05, 0.1) is 5.69 Å². The smallest absolute Gasteiger partial charge is 0.244 e. The normalized spacial score (nSPS) is 10.4. The van der Waals surface area contributed by atoms with Gasteiger partial charge >= 0.3 is 5.69 Å². The number of hydrogen-bond donors (Lipinski definition) is 1. The first-order chi connectivity index (χ1) is 5.77. The third kappa shape index (κ3) is 1.03. The van der Waals surface area contributed by atoms with Crippen molar-refractivity contribution in [3.05, 3.63) is 21.6 Å². The van der Waals surface area contributed by atoms with Gasteiger partial charge in [0.2, 0.25) is 5.13 Å². The van der Waals surface area contributed by atoms with Crippen molar-refractivity contribution in [3.8, 4) is 5.13 Å². The molecule has 0 aliphatic carbocycles. The summed E-state index contributed by atoms with van der Waals surface area (Å²) in [6.45, 7) is 1.85. The van der Waals surface area contributed by atoms with Crippen molar-refractivity contribution in [2.24, 2.45) is 0 Å². The number of nitrogens with zero attached hydrogens (tertiary/aromatic N) is 4. The van der Waals surface area contributed by atoms with E-state index in [1.54, 1.807) is 0 Å². The van der Waals surface area contributed by atoms with E-state index in [1.165, 1.54) is 11.3 Å². The van der Waals surface area contributed by atoms with Crippen LogP contribution in [0.1, 0.15) is 5.69 Å². The highest BCUT2D eigenvalue weighted by Gasteiger charge is 2.05. The first kappa shape index (κ1) is 7.17. The van der Waals surface area contributed by atoms with Crippen LogP contribution in [0.3, 0.4) is 0 Å². The summed E-state index contributed by atoms with van der Waals surface area (Å²) in [5.41, 5.74) is 0.495. The minimum absolute atomic E-state index is 0.371. The third-order valence-electron chi connectivity index (χ3n) is 1.26. The predicted molar refractivity (Wildman–Crippen MR) is 42.4 cm³/mol. The Morgan fingerprint density at radius 3 is 3.00 bits per heavy atom. The van der Waals surface area contributed by atoms with Crippen LogP contribution in [-0.4, -0.2) is 25.2 Å². The second-order valence-corrected chi connectivity index (χ2v) is 3.03. The molecule has 0 bridgehead atoms. The Hall–Kier alpha value is -1.50. The van der Waals surface area contributed by atoms with Crippen molar-refractivity contribution in [2.45, 2.75) is 6.92 Å². The van der Waals surface area contributed by atoms with E-state index in [4.69, 9.17) is 0 Å². The predicted octanol–water partition coefficient (Wildman–Crippen LogP) is -0.279. The molecule has 0 unspecified atom stereocenters. The van der Waals surface area contributed by atoms with Gasteiger partial charge in [-0.1, -0.05) is 0 Å². The molecule has 0 atom stereocenters. The number of thiazole rings is 1. The van der Waals surface area contributed by atoms with Gasteiger partial charge in [-0.3, -0.25) is 0 Å². The number of rotatable bonds is 1. The maximum atomic E-state index is 11.0. The summed E-state index contributed by atoms with van der Waals surface area (Å²) in [4.78, 5) is 15.1. The van der Waals surface area contributed by atoms with Crippen molar-refractivity contribution in [2.75, 3.05) is 0 Å². The van der Waals surface area contributed by atoms with E-state index in [-0.39, 0.29) is 5.69 Å². The Morgan fingerprint density at radius 2 is 2.50 bits per heavy atom. The molecule has 0 saturated heterocycles. The molecule has 0 fully saturated rings. The summed E-state index contributed by atoms with van der Waals surface area (Å²) < 4.78 is 1.12. The Morgan fingerprint density at radius 1 is 1.67 bits per heavy atom. The molecular formula is C5H5N5OS. The molecule has 0 aliphatic rings. The van der Waals surface area contributed by atoms with Gasteiger partial charge in [0, 0.05) is 5.38 Å². The summed E-state index contributed by atoms with van der Waals surface area (Å²) in [5.74, 6) is 0. The van der Waals surface area contributed by atoms with Crippen LogP contribution in [0.25, 0.3) is 5.13 Å². The van der Waals surface area contributed by atoms with Gasteiger partial charge in [-0.2, -0.15) is 0 Å². The van der Waals surface area contributed by atoms with Crippen LogP contribution in [0.5, 0.6) is 0 Å². The maximum Gasteiger partial charge on any atom is 0.367 e. The van der Waals surface area contributed by atoms with Crippen molar-refractivity contribution in [3.63, 3.8) is 0 Å². The van der Waals surface area contributed by atoms with Crippen LogP contribution >= 0.6 is 11.3 Å². The minimum Gasteiger partial charge on any atom is -0.244 e. The van der Waals surface area contributed by atoms with E-state index in [9.17, 15) is 4.79 Å². The van der Waals surface area contributed by atoms with Gasteiger partial charge in [-0.05, 0) is 17.4 Å². The van der Waals surface area contributed by atoms with Gasteiger partial charge < -0.3 is 0 Å². The number of aromatic amines is 1. The second-order valence-electron chi connectivity index (χ2n) is 2.19. The number of aryl methyl sites for hydroxylation is 1. The van der Waals surface area contributed by atoms with Gasteiger partial charge in [-0.25, -0.2) is 14.9 Å². The monoisotopic (exact) mass is 183 g/mol. The highest BCUT2D eigenvalue weighted by atomic mass is 32.1. The number of H-pyrrole nitrogens is 1. The molecule has 6 nitrogen and oxygen atoms in total. The fourth-order valence-electron chi connectivity index (χ4n) is 0.762. The number of nitrogens with one attached hydrogen (secondary N) is 1. The van der Waals surface area contributed by atoms with Crippen LogP contribution in [-0.2, 0) is 0 Å². The van der Waals surface area contributed by atoms with Crippen LogP contribution in [0.15, 0.2) is 10.2 Å². The number of tetrazole rings is 1. The fraction of sp³-hybridized carbons (Fsp3) is 0.200. The first-order valence-corrected chi connectivity index (χ1v) is 4.08. The lowest BCUT2D eigenvalue weighted by Crippen LogP contribution is -2.15. The summed E-state index contributed by atoms with van der Waals surface area (Å²) in [6, 6.07) is 0. The largest absolute Gasteiger partial charge is 0.367 e. The van der Waals surface area contributed by atoms with Gasteiger partial charge in [0.1, 0.15) is 0 Å². The van der Waals surface area contributed by atoms with Crippen molar-refractivity contribution in [1.82, 2.24) is 25.2 Å². The number of hydrogen-bond acceptors (Lipinski definition) is 5. The average Bonchev–Trinajstić information content (AvgIpc) is 2.58. The first-order valence-electron chi connectivity index (χ1n) is 3.20. The van der Waals surface area contributed by atoms with Gasteiger partial charge in [-0.15, -0.1) is 16.0 Å². The zero-order chi connectivity index (χ0) is 8.55. The molecule has 1 N–H and O–H groups in total. The standard InChI is InChI=1S/C5H5N5OS/c1-3-2-12-5(6-3)10-4(11)7-8-9-10/h2H,1H3,(H,7,9,11). The van der Waals surface area contributed by atoms with Crippen LogP contribution < -0.4 is 5.69 Å². The molecule has 2 rings (SSSR count). The molecule has 2 heterocycles. The molecule has 0 radical (unpaired) electrons. The SMILES string of the molecule is Cc1csc(-n2nn[nH]c2=O)n1. The van der Waals surface area contributed by atoms with Crippen LogP contribution in [0, 0.1) is 6.92 Å². The number of aromatic nitrogens is 5. The Labute approximate surface area is 70.9 Å². The molecule has 0 aromatic carbocycles. The molecular weight excluding hydrogens is 178 g/mol. The molecule has 62 valence electrons. The summed E-state index contributed by atoms with van der Waals surface area (Å²) in [7, 11) is 0. The second kappa shape index (κ2) is 2.52. The highest BCUT2D eigenvalue weighted by Crippen LogP contribution is 2.09. The quantitative estimate of drug-likeness (QED) is 0.659. The molecule has 0 saturated carbocycles. The van der Waals surface area contributed by atoms with E-state index in [0.29, 0.717) is 5.13 Å². The Bertz CT molecular complexity index is 440. The Kier molecular flexibility index (Phi) is 1.51. The van der Waals surface area contributed by atoms with E-state index < -0.39 is 0 Å². The maximum absolute atomic E-state index is 11.0. The zero-order valence-corrected chi connectivity index (χ0v) is 7.00. The molecule has 2 aromatic heterocycles. The van der Waals surface area contributed by atoms with Gasteiger partial charge in [0.15, 0.2) is 0 Å². The average molecular weight is 183 g/mol. The zero-order valence-electron chi connectivity index (χ0n) is 6.18. The van der Waals surface area contributed by atoms with Crippen LogP contribution in [0.2, 0.25) is 0 Å². The van der Waals surface area contributed by atoms with Crippen molar-refractivity contribution in [1.29, 1.82) is 0 Å². The molecule has 7 heteroatoms. The Balaban J connectivity index is 2.58. The lowest BCUT2D eigenvalue weighted by Gasteiger charge is -1.86. The van der Waals surface area contributed by atoms with E-state index in [2.05, 4.69) is 20.5 Å². The molecule has 0 aliphatic heterocycles. The minimum atomic E-state index is -0.371. The van der Waals surface area contributed by atoms with Crippen molar-refractivity contribution >= 4 is 11.3 Å². The molecule has 2 aromatic rings. The summed E-state index contributed by atoms with van der Waals surface area (Å²) >= 11 is 1.35. The third-order valence-corrected chi connectivity index (χ3v) is 2.19.